The number of ether oxygens (including phenoxy) is 3. The van der Waals surface area contributed by atoms with Gasteiger partial charge >= 0.3 is 6.61 Å². The number of benzene rings is 2. The van der Waals surface area contributed by atoms with Gasteiger partial charge in [-0.3, -0.25) is 4.99 Å². The predicted molar refractivity (Wildman–Crippen MR) is 95.3 cm³/mol. The normalized spacial score (nSPS) is 17.6. The van der Waals surface area contributed by atoms with E-state index < -0.39 is 6.61 Å². The molecule has 1 atom stereocenters. The summed E-state index contributed by atoms with van der Waals surface area (Å²) in [5, 5.41) is 3.37. The van der Waals surface area contributed by atoms with Gasteiger partial charge in [0.1, 0.15) is 5.75 Å². The average Bonchev–Trinajstić information content (AvgIpc) is 3.31. The summed E-state index contributed by atoms with van der Waals surface area (Å²) in [5.74, 6) is 1.69. The van der Waals surface area contributed by atoms with Crippen LogP contribution in [-0.2, 0) is 6.54 Å². The van der Waals surface area contributed by atoms with E-state index >= 15 is 0 Å². The summed E-state index contributed by atoms with van der Waals surface area (Å²) in [7, 11) is 1.84. The molecule has 1 unspecified atom stereocenters. The standard InChI is InChI=1S/C19H19F2N3O3/c1-24(19-22-9-14(23-19)12-5-3-2-4-6-12)10-13-7-16-17(26-11-25-16)8-15(13)27-18(20)21/h2-8,14,18H,9-11H2,1H3,(H,22,23). The average molecular weight is 375 g/mol. The quantitative estimate of drug-likeness (QED) is 0.870. The first kappa shape index (κ1) is 17.4. The Kier molecular flexibility index (Phi) is 4.70. The topological polar surface area (TPSA) is 55.3 Å². The maximum atomic E-state index is 12.8. The van der Waals surface area contributed by atoms with Gasteiger partial charge in [0.25, 0.3) is 0 Å². The molecule has 0 aliphatic carbocycles. The largest absolute Gasteiger partial charge is 0.454 e. The minimum absolute atomic E-state index is 0.0652. The first-order valence-corrected chi connectivity index (χ1v) is 8.54. The molecule has 8 heteroatoms. The molecule has 27 heavy (non-hydrogen) atoms. The highest BCUT2D eigenvalue weighted by atomic mass is 19.3. The van der Waals surface area contributed by atoms with Crippen LogP contribution in [0.4, 0.5) is 8.78 Å². The smallest absolute Gasteiger partial charge is 0.387 e. The fourth-order valence-electron chi connectivity index (χ4n) is 3.15. The molecule has 2 heterocycles. The van der Waals surface area contributed by atoms with Crippen LogP contribution in [0.3, 0.4) is 0 Å². The van der Waals surface area contributed by atoms with Crippen molar-refractivity contribution in [2.75, 3.05) is 20.4 Å². The summed E-state index contributed by atoms with van der Waals surface area (Å²) < 4.78 is 40.8. The number of halogens is 2. The van der Waals surface area contributed by atoms with E-state index in [4.69, 9.17) is 9.47 Å². The van der Waals surface area contributed by atoms with Crippen molar-refractivity contribution >= 4 is 5.96 Å². The van der Waals surface area contributed by atoms with Gasteiger partial charge in [0.15, 0.2) is 17.5 Å². The van der Waals surface area contributed by atoms with Gasteiger partial charge in [0.05, 0.1) is 12.6 Å². The Balaban J connectivity index is 1.49. The molecule has 0 aromatic heterocycles. The van der Waals surface area contributed by atoms with Crippen LogP contribution in [-0.4, -0.2) is 37.9 Å². The second-order valence-electron chi connectivity index (χ2n) is 6.32. The molecule has 2 aromatic rings. The van der Waals surface area contributed by atoms with Crippen molar-refractivity contribution in [1.29, 1.82) is 0 Å². The van der Waals surface area contributed by atoms with Crippen molar-refractivity contribution in [3.05, 3.63) is 53.6 Å². The van der Waals surface area contributed by atoms with Crippen molar-refractivity contribution in [3.63, 3.8) is 0 Å². The fraction of sp³-hybridized carbons (Fsp3) is 0.316. The van der Waals surface area contributed by atoms with Crippen LogP contribution >= 0.6 is 0 Å². The summed E-state index contributed by atoms with van der Waals surface area (Å²) in [6.07, 6.45) is 0. The SMILES string of the molecule is CN(Cc1cc2c(cc1OC(F)F)OCO2)C1=NCC(c2ccccc2)N1. The Bertz CT molecular complexity index is 846. The lowest BCUT2D eigenvalue weighted by Crippen LogP contribution is -2.36. The number of hydrogen-bond donors (Lipinski definition) is 1. The third-order valence-electron chi connectivity index (χ3n) is 4.47. The molecule has 4 rings (SSSR count). The van der Waals surface area contributed by atoms with E-state index in [-0.39, 0.29) is 18.6 Å². The second kappa shape index (κ2) is 7.30. The zero-order chi connectivity index (χ0) is 18.8. The van der Waals surface area contributed by atoms with Crippen LogP contribution in [0.1, 0.15) is 17.2 Å². The van der Waals surface area contributed by atoms with Gasteiger partial charge in [-0.1, -0.05) is 30.3 Å². The molecule has 0 saturated carbocycles. The van der Waals surface area contributed by atoms with Gasteiger partial charge in [0.2, 0.25) is 6.79 Å². The second-order valence-corrected chi connectivity index (χ2v) is 6.32. The molecule has 142 valence electrons. The Hall–Kier alpha value is -3.03. The van der Waals surface area contributed by atoms with E-state index in [9.17, 15) is 8.78 Å². The number of aliphatic imine (C=N–C) groups is 1. The van der Waals surface area contributed by atoms with E-state index in [1.807, 2.05) is 42.3 Å². The monoisotopic (exact) mass is 375 g/mol. The first-order chi connectivity index (χ1) is 13.1. The molecular weight excluding hydrogens is 356 g/mol. The van der Waals surface area contributed by atoms with Gasteiger partial charge in [-0.2, -0.15) is 8.78 Å². The van der Waals surface area contributed by atoms with E-state index in [1.165, 1.54) is 6.07 Å². The number of guanidine groups is 1. The van der Waals surface area contributed by atoms with Crippen molar-refractivity contribution in [2.45, 2.75) is 19.2 Å². The minimum Gasteiger partial charge on any atom is -0.454 e. The maximum Gasteiger partial charge on any atom is 0.387 e. The molecule has 2 aliphatic heterocycles. The zero-order valence-corrected chi connectivity index (χ0v) is 14.7. The molecule has 0 amide bonds. The molecule has 6 nitrogen and oxygen atoms in total. The number of nitrogens with zero attached hydrogens (tertiary/aromatic N) is 2. The molecule has 2 aliphatic rings. The summed E-state index contributed by atoms with van der Waals surface area (Å²) in [6, 6.07) is 13.2. The van der Waals surface area contributed by atoms with E-state index in [0.29, 0.717) is 36.1 Å². The van der Waals surface area contributed by atoms with Gasteiger partial charge in [0, 0.05) is 25.2 Å². The van der Waals surface area contributed by atoms with E-state index in [0.717, 1.165) is 5.56 Å². The predicted octanol–water partition coefficient (Wildman–Crippen LogP) is 3.15. The van der Waals surface area contributed by atoms with E-state index in [1.54, 1.807) is 6.07 Å². The number of fused-ring (bicyclic) bond motifs is 1. The summed E-state index contributed by atoms with van der Waals surface area (Å²) in [5.41, 5.74) is 1.71. The minimum atomic E-state index is -2.92. The fourth-order valence-corrected chi connectivity index (χ4v) is 3.15. The summed E-state index contributed by atoms with van der Waals surface area (Å²) >= 11 is 0. The van der Waals surface area contributed by atoms with Crippen LogP contribution in [0.15, 0.2) is 47.5 Å². The van der Waals surface area contributed by atoms with Crippen molar-refractivity contribution in [2.24, 2.45) is 4.99 Å². The van der Waals surface area contributed by atoms with Crippen molar-refractivity contribution in [1.82, 2.24) is 10.2 Å². The molecule has 0 spiro atoms. The van der Waals surface area contributed by atoms with Gasteiger partial charge in [-0.25, -0.2) is 0 Å². The molecule has 2 aromatic carbocycles. The lowest BCUT2D eigenvalue weighted by atomic mass is 10.1. The Morgan fingerprint density at radius 3 is 2.70 bits per heavy atom. The number of alkyl halides is 2. The van der Waals surface area contributed by atoms with E-state index in [2.05, 4.69) is 15.0 Å². The molecule has 0 radical (unpaired) electrons. The Morgan fingerprint density at radius 2 is 1.96 bits per heavy atom. The van der Waals surface area contributed by atoms with Crippen LogP contribution in [0.2, 0.25) is 0 Å². The molecule has 1 N–H and O–H groups in total. The summed E-state index contributed by atoms with van der Waals surface area (Å²) in [6.45, 7) is -1.91. The maximum absolute atomic E-state index is 12.8. The number of nitrogens with one attached hydrogen (secondary N) is 1. The van der Waals surface area contributed by atoms with Crippen molar-refractivity contribution < 1.29 is 23.0 Å². The Labute approximate surface area is 155 Å². The third-order valence-corrected chi connectivity index (χ3v) is 4.47. The molecular formula is C19H19F2N3O3. The van der Waals surface area contributed by atoms with Crippen LogP contribution in [0.25, 0.3) is 0 Å². The van der Waals surface area contributed by atoms with Gasteiger partial charge in [-0.15, -0.1) is 0 Å². The van der Waals surface area contributed by atoms with Crippen molar-refractivity contribution in [3.8, 4) is 17.2 Å². The van der Waals surface area contributed by atoms with Crippen LogP contribution in [0, 0.1) is 0 Å². The zero-order valence-electron chi connectivity index (χ0n) is 14.7. The lowest BCUT2D eigenvalue weighted by molar-refractivity contribution is -0.0506. The first-order valence-electron chi connectivity index (χ1n) is 8.54. The van der Waals surface area contributed by atoms with Gasteiger partial charge in [-0.05, 0) is 11.6 Å². The van der Waals surface area contributed by atoms with Gasteiger partial charge < -0.3 is 24.4 Å². The Morgan fingerprint density at radius 1 is 1.22 bits per heavy atom. The highest BCUT2D eigenvalue weighted by molar-refractivity contribution is 5.82. The molecule has 0 bridgehead atoms. The lowest BCUT2D eigenvalue weighted by Gasteiger charge is -2.22. The highest BCUT2D eigenvalue weighted by Gasteiger charge is 2.24. The molecule has 0 fully saturated rings. The molecule has 0 saturated heterocycles. The third kappa shape index (κ3) is 3.74. The van der Waals surface area contributed by atoms with Crippen LogP contribution in [0.5, 0.6) is 17.2 Å². The highest BCUT2D eigenvalue weighted by Crippen LogP contribution is 2.39. The van der Waals surface area contributed by atoms with Crippen LogP contribution < -0.4 is 19.5 Å². The number of hydrogen-bond acceptors (Lipinski definition) is 6. The number of rotatable bonds is 5. The summed E-state index contributed by atoms with van der Waals surface area (Å²) in [4.78, 5) is 6.40.